The number of ether oxygens (including phenoxy) is 2. The number of guanidine groups is 1. The van der Waals surface area contributed by atoms with Crippen molar-refractivity contribution in [2.75, 3.05) is 23.1 Å². The van der Waals surface area contributed by atoms with Crippen molar-refractivity contribution in [2.45, 2.75) is 40.0 Å². The van der Waals surface area contributed by atoms with E-state index in [1.165, 1.54) is 14.0 Å². The molecular formula is C24H29N5O6. The lowest BCUT2D eigenvalue weighted by Crippen LogP contribution is -2.36. The molecule has 2 aromatic carbocycles. The van der Waals surface area contributed by atoms with Crippen LogP contribution in [0.25, 0.3) is 0 Å². The zero-order chi connectivity index (χ0) is 25.8. The number of rotatable bonds is 8. The Kier molecular flexibility index (Phi) is 10.2. The summed E-state index contributed by atoms with van der Waals surface area (Å²) in [4.78, 5) is 50.9. The molecule has 186 valence electrons. The van der Waals surface area contributed by atoms with Crippen LogP contribution in [0.15, 0.2) is 47.5 Å². The minimum absolute atomic E-state index is 0.127. The van der Waals surface area contributed by atoms with Gasteiger partial charge in [0.2, 0.25) is 23.7 Å². The average Bonchev–Trinajstić information content (AvgIpc) is 2.81. The number of hydrogen-bond donors (Lipinski definition) is 4. The highest BCUT2D eigenvalue weighted by atomic mass is 16.5. The summed E-state index contributed by atoms with van der Waals surface area (Å²) in [5, 5.41) is 10.7. The standard InChI is InChI=1S/C24H29N5O6/c1-5-7-22(32)26-20-14-18(35-17-10-8-16(9-11-17)25-15(3)30)12-13-19(20)27-23(28-21(31)6-2)29-24(33)34-4/h8-14H,5-7H2,1-4H3,(H,25,30)(H,26,32)(H2,27,28,29,31,33). The molecule has 0 bridgehead atoms. The van der Waals surface area contributed by atoms with Gasteiger partial charge in [-0.3, -0.25) is 19.7 Å². The molecule has 0 aromatic heterocycles. The Labute approximate surface area is 203 Å². The van der Waals surface area contributed by atoms with Gasteiger partial charge in [0.15, 0.2) is 0 Å². The SMILES string of the molecule is CCCC(=O)Nc1cc(Oc2ccc(NC(C)=O)cc2)ccc1NC(=NC(=O)CC)NC(=O)OC. The van der Waals surface area contributed by atoms with Gasteiger partial charge in [0, 0.05) is 31.5 Å². The van der Waals surface area contributed by atoms with E-state index in [4.69, 9.17) is 4.74 Å². The van der Waals surface area contributed by atoms with Crippen LogP contribution in [0.5, 0.6) is 11.5 Å². The number of benzene rings is 2. The van der Waals surface area contributed by atoms with Gasteiger partial charge in [-0.1, -0.05) is 13.8 Å². The third-order valence-electron chi connectivity index (χ3n) is 4.35. The number of methoxy groups -OCH3 is 1. The largest absolute Gasteiger partial charge is 0.457 e. The second-order valence-corrected chi connectivity index (χ2v) is 7.26. The van der Waals surface area contributed by atoms with Gasteiger partial charge in [0.25, 0.3) is 0 Å². The Balaban J connectivity index is 2.33. The number of carbonyl (C=O) groups is 4. The van der Waals surface area contributed by atoms with Crippen LogP contribution in [-0.4, -0.2) is 36.9 Å². The minimum atomic E-state index is -0.820. The molecule has 0 fully saturated rings. The number of carbonyl (C=O) groups excluding carboxylic acids is 4. The van der Waals surface area contributed by atoms with Crippen molar-refractivity contribution in [3.05, 3.63) is 42.5 Å². The van der Waals surface area contributed by atoms with Crippen molar-refractivity contribution >= 4 is 46.8 Å². The second kappa shape index (κ2) is 13.3. The quantitative estimate of drug-likeness (QED) is 0.324. The zero-order valence-corrected chi connectivity index (χ0v) is 20.1. The number of nitrogens with zero attached hydrogens (tertiary/aromatic N) is 1. The Morgan fingerprint density at radius 1 is 0.886 bits per heavy atom. The molecule has 0 spiro atoms. The van der Waals surface area contributed by atoms with Crippen molar-refractivity contribution in [2.24, 2.45) is 4.99 Å². The molecule has 35 heavy (non-hydrogen) atoms. The molecular weight excluding hydrogens is 454 g/mol. The lowest BCUT2D eigenvalue weighted by atomic mass is 10.2. The number of hydrogen-bond acceptors (Lipinski definition) is 6. The Morgan fingerprint density at radius 3 is 2.17 bits per heavy atom. The molecule has 4 amide bonds. The highest BCUT2D eigenvalue weighted by Gasteiger charge is 2.14. The molecule has 4 N–H and O–H groups in total. The van der Waals surface area contributed by atoms with E-state index in [1.807, 2.05) is 6.92 Å². The third kappa shape index (κ3) is 9.16. The first-order chi connectivity index (χ1) is 16.7. The van der Waals surface area contributed by atoms with E-state index in [2.05, 4.69) is 31.0 Å². The van der Waals surface area contributed by atoms with Crippen molar-refractivity contribution in [1.82, 2.24) is 5.32 Å². The molecule has 11 nitrogen and oxygen atoms in total. The molecule has 0 unspecified atom stereocenters. The summed E-state index contributed by atoms with van der Waals surface area (Å²) in [5.74, 6) is -0.108. The van der Waals surface area contributed by atoms with E-state index in [0.717, 1.165) is 0 Å². The van der Waals surface area contributed by atoms with Gasteiger partial charge in [0.05, 0.1) is 18.5 Å². The molecule has 0 aliphatic carbocycles. The minimum Gasteiger partial charge on any atom is -0.457 e. The predicted octanol–water partition coefficient (Wildman–Crippen LogP) is 4.24. The first-order valence-electron chi connectivity index (χ1n) is 11.0. The molecule has 0 atom stereocenters. The molecule has 11 heteroatoms. The normalized spacial score (nSPS) is 10.7. The van der Waals surface area contributed by atoms with Crippen molar-refractivity contribution < 1.29 is 28.7 Å². The van der Waals surface area contributed by atoms with Gasteiger partial charge in [-0.2, -0.15) is 4.99 Å². The second-order valence-electron chi connectivity index (χ2n) is 7.26. The maximum atomic E-state index is 12.3. The van der Waals surface area contributed by atoms with E-state index < -0.39 is 12.0 Å². The number of alkyl carbamates (subject to hydrolysis) is 1. The number of amides is 4. The molecule has 0 saturated heterocycles. The number of aliphatic imine (C=N–C) groups is 1. The number of nitrogens with one attached hydrogen (secondary N) is 4. The first kappa shape index (κ1) is 26.8. The molecule has 0 heterocycles. The number of anilines is 3. The first-order valence-corrected chi connectivity index (χ1v) is 11.0. The Bertz CT molecular complexity index is 1100. The van der Waals surface area contributed by atoms with Crippen LogP contribution >= 0.6 is 0 Å². The van der Waals surface area contributed by atoms with Crippen LogP contribution in [0.4, 0.5) is 21.9 Å². The predicted molar refractivity (Wildman–Crippen MR) is 133 cm³/mol. The average molecular weight is 484 g/mol. The van der Waals surface area contributed by atoms with Gasteiger partial charge in [-0.15, -0.1) is 0 Å². The van der Waals surface area contributed by atoms with Crippen LogP contribution in [0, 0.1) is 0 Å². The van der Waals surface area contributed by atoms with Gasteiger partial charge in [0.1, 0.15) is 11.5 Å². The van der Waals surface area contributed by atoms with Crippen molar-refractivity contribution in [3.8, 4) is 11.5 Å². The van der Waals surface area contributed by atoms with Gasteiger partial charge < -0.3 is 25.4 Å². The van der Waals surface area contributed by atoms with Crippen molar-refractivity contribution in [1.29, 1.82) is 0 Å². The Morgan fingerprint density at radius 2 is 1.57 bits per heavy atom. The van der Waals surface area contributed by atoms with E-state index in [0.29, 0.717) is 41.4 Å². The fraction of sp³-hybridized carbons (Fsp3) is 0.292. The maximum Gasteiger partial charge on any atom is 0.413 e. The molecule has 0 saturated carbocycles. The van der Waals surface area contributed by atoms with Gasteiger partial charge >= 0.3 is 6.09 Å². The smallest absolute Gasteiger partial charge is 0.413 e. The molecule has 0 aliphatic heterocycles. The molecule has 2 aromatic rings. The lowest BCUT2D eigenvalue weighted by Gasteiger charge is -2.16. The lowest BCUT2D eigenvalue weighted by molar-refractivity contribution is -0.117. The van der Waals surface area contributed by atoms with Crippen LogP contribution < -0.4 is 26.0 Å². The summed E-state index contributed by atoms with van der Waals surface area (Å²) in [6, 6.07) is 11.6. The van der Waals surface area contributed by atoms with Gasteiger partial charge in [-0.05, 0) is 42.8 Å². The highest BCUT2D eigenvalue weighted by Crippen LogP contribution is 2.31. The molecule has 0 aliphatic rings. The van der Waals surface area contributed by atoms with Crippen molar-refractivity contribution in [3.63, 3.8) is 0 Å². The fourth-order valence-electron chi connectivity index (χ4n) is 2.75. The highest BCUT2D eigenvalue weighted by molar-refractivity contribution is 6.09. The van der Waals surface area contributed by atoms with Gasteiger partial charge in [-0.25, -0.2) is 4.79 Å². The van der Waals surface area contributed by atoms with E-state index >= 15 is 0 Å². The van der Waals surface area contributed by atoms with Crippen LogP contribution in [-0.2, 0) is 19.1 Å². The summed E-state index contributed by atoms with van der Waals surface area (Å²) < 4.78 is 10.5. The fourth-order valence-corrected chi connectivity index (χ4v) is 2.75. The zero-order valence-electron chi connectivity index (χ0n) is 20.1. The van der Waals surface area contributed by atoms with Crippen LogP contribution in [0.2, 0.25) is 0 Å². The summed E-state index contributed by atoms with van der Waals surface area (Å²) >= 11 is 0. The monoisotopic (exact) mass is 483 g/mol. The summed E-state index contributed by atoms with van der Waals surface area (Å²) in [6.07, 6.45) is 0.249. The molecule has 0 radical (unpaired) electrons. The van der Waals surface area contributed by atoms with E-state index in [-0.39, 0.29) is 24.2 Å². The summed E-state index contributed by atoms with van der Waals surface area (Å²) in [7, 11) is 1.18. The topological polar surface area (TPSA) is 147 Å². The summed E-state index contributed by atoms with van der Waals surface area (Å²) in [6.45, 7) is 4.93. The van der Waals surface area contributed by atoms with Crippen LogP contribution in [0.1, 0.15) is 40.0 Å². The third-order valence-corrected chi connectivity index (χ3v) is 4.35. The molecule has 2 rings (SSSR count). The van der Waals surface area contributed by atoms with E-state index in [9.17, 15) is 19.2 Å². The van der Waals surface area contributed by atoms with E-state index in [1.54, 1.807) is 49.4 Å². The van der Waals surface area contributed by atoms with Crippen LogP contribution in [0.3, 0.4) is 0 Å². The maximum absolute atomic E-state index is 12.3. The Hall–Kier alpha value is -4.41. The summed E-state index contributed by atoms with van der Waals surface area (Å²) in [5.41, 5.74) is 1.34.